The Kier molecular flexibility index (Phi) is 6.53. The topological polar surface area (TPSA) is 100 Å². The van der Waals surface area contributed by atoms with Crippen LogP contribution < -0.4 is 16.2 Å². The molecule has 7 nitrogen and oxygen atoms in total. The summed E-state index contributed by atoms with van der Waals surface area (Å²) in [5, 5.41) is 15.7. The molecule has 0 aliphatic rings. The van der Waals surface area contributed by atoms with Gasteiger partial charge in [0.25, 0.3) is 11.5 Å². The first-order valence-electron chi connectivity index (χ1n) is 9.22. The number of aromatic nitrogens is 1. The van der Waals surface area contributed by atoms with Gasteiger partial charge in [0.2, 0.25) is 5.91 Å². The molecule has 1 atom stereocenters. The van der Waals surface area contributed by atoms with E-state index in [1.165, 1.54) is 29.0 Å². The third-order valence-corrected chi connectivity index (χ3v) is 4.68. The number of halogens is 2. The van der Waals surface area contributed by atoms with Gasteiger partial charge < -0.3 is 15.7 Å². The average Bonchev–Trinajstić information content (AvgIpc) is 2.71. The van der Waals surface area contributed by atoms with Crippen LogP contribution in [0.25, 0.3) is 5.69 Å². The van der Waals surface area contributed by atoms with Crippen molar-refractivity contribution in [3.8, 4) is 5.69 Å². The first-order valence-corrected chi connectivity index (χ1v) is 9.60. The fourth-order valence-electron chi connectivity index (χ4n) is 2.78. The zero-order valence-corrected chi connectivity index (χ0v) is 17.2. The molecule has 31 heavy (non-hydrogen) atoms. The Morgan fingerprint density at radius 2 is 1.81 bits per heavy atom. The number of aliphatic hydroxyl groups is 1. The molecule has 3 aromatic rings. The monoisotopic (exact) mass is 443 g/mol. The molecule has 1 heterocycles. The first kappa shape index (κ1) is 22.2. The van der Waals surface area contributed by atoms with Crippen LogP contribution in [0.3, 0.4) is 0 Å². The van der Waals surface area contributed by atoms with E-state index in [0.717, 1.165) is 13.0 Å². The molecule has 0 bridgehead atoms. The summed E-state index contributed by atoms with van der Waals surface area (Å²) in [5.41, 5.74) is -1.92. The van der Waals surface area contributed by atoms with Gasteiger partial charge in [-0.05, 0) is 49.4 Å². The summed E-state index contributed by atoms with van der Waals surface area (Å²) in [6.07, 6.45) is 0.931. The summed E-state index contributed by atoms with van der Waals surface area (Å²) in [4.78, 5) is 36.5. The summed E-state index contributed by atoms with van der Waals surface area (Å²) < 4.78 is 15.7. The number of carbonyl (C=O) groups excluding carboxylic acids is 2. The van der Waals surface area contributed by atoms with E-state index < -0.39 is 29.7 Å². The molecule has 0 saturated carbocycles. The van der Waals surface area contributed by atoms with Crippen molar-refractivity contribution < 1.29 is 19.1 Å². The molecule has 0 fully saturated rings. The van der Waals surface area contributed by atoms with E-state index in [-0.39, 0.29) is 16.9 Å². The van der Waals surface area contributed by atoms with Crippen molar-refractivity contribution in [3.63, 3.8) is 0 Å². The van der Waals surface area contributed by atoms with Gasteiger partial charge in [-0.2, -0.15) is 0 Å². The van der Waals surface area contributed by atoms with E-state index in [1.54, 1.807) is 36.4 Å². The Labute approximate surface area is 182 Å². The molecule has 3 rings (SSSR count). The number of hydrogen-bond acceptors (Lipinski definition) is 4. The zero-order valence-electron chi connectivity index (χ0n) is 16.4. The predicted molar refractivity (Wildman–Crippen MR) is 116 cm³/mol. The largest absolute Gasteiger partial charge is 0.380 e. The second-order valence-electron chi connectivity index (χ2n) is 7.03. The van der Waals surface area contributed by atoms with E-state index in [9.17, 15) is 23.9 Å². The van der Waals surface area contributed by atoms with E-state index in [2.05, 4.69) is 10.6 Å². The lowest BCUT2D eigenvalue weighted by Crippen LogP contribution is -2.43. The lowest BCUT2D eigenvalue weighted by Gasteiger charge is -2.22. The number of carbonyl (C=O) groups is 2. The van der Waals surface area contributed by atoms with Gasteiger partial charge in [0.15, 0.2) is 0 Å². The van der Waals surface area contributed by atoms with E-state index in [4.69, 9.17) is 11.6 Å². The molecule has 2 amide bonds. The van der Waals surface area contributed by atoms with Crippen LogP contribution in [0.4, 0.5) is 15.8 Å². The van der Waals surface area contributed by atoms with Crippen molar-refractivity contribution in [1.29, 1.82) is 0 Å². The van der Waals surface area contributed by atoms with Crippen LogP contribution in [-0.4, -0.2) is 27.1 Å². The SMILES string of the molecule is CC(O)(CC(=O)Nc1ccc(Cl)cc1)C(=O)Nc1ccc(-n2ccccc2=O)cc1F. The Balaban J connectivity index is 1.68. The number of nitrogens with zero attached hydrogens (tertiary/aromatic N) is 1. The number of pyridine rings is 1. The maximum Gasteiger partial charge on any atom is 0.256 e. The molecule has 9 heteroatoms. The number of hydrogen-bond donors (Lipinski definition) is 3. The van der Waals surface area contributed by atoms with Gasteiger partial charge in [0.1, 0.15) is 11.4 Å². The molecule has 0 aliphatic carbocycles. The third-order valence-electron chi connectivity index (χ3n) is 4.42. The number of anilines is 2. The quantitative estimate of drug-likeness (QED) is 0.544. The zero-order chi connectivity index (χ0) is 22.6. The summed E-state index contributed by atoms with van der Waals surface area (Å²) in [7, 11) is 0. The molecular formula is C22H19ClFN3O4. The third kappa shape index (κ3) is 5.56. The highest BCUT2D eigenvalue weighted by molar-refractivity contribution is 6.30. The maximum absolute atomic E-state index is 14.5. The van der Waals surface area contributed by atoms with Gasteiger partial charge >= 0.3 is 0 Å². The molecule has 160 valence electrons. The minimum atomic E-state index is -2.10. The van der Waals surface area contributed by atoms with Crippen LogP contribution in [0.15, 0.2) is 71.7 Å². The van der Waals surface area contributed by atoms with Crippen molar-refractivity contribution >= 4 is 34.8 Å². The number of amides is 2. The molecular weight excluding hydrogens is 425 g/mol. The second-order valence-corrected chi connectivity index (χ2v) is 7.47. The highest BCUT2D eigenvalue weighted by Gasteiger charge is 2.33. The Hall–Kier alpha value is -3.49. The molecule has 1 aromatic heterocycles. The van der Waals surface area contributed by atoms with Crippen molar-refractivity contribution in [2.75, 3.05) is 10.6 Å². The molecule has 1 unspecified atom stereocenters. The molecule has 0 aliphatic heterocycles. The smallest absolute Gasteiger partial charge is 0.256 e. The summed E-state index contributed by atoms with van der Waals surface area (Å²) in [6, 6.07) is 14.6. The number of benzene rings is 2. The van der Waals surface area contributed by atoms with Crippen LogP contribution in [0, 0.1) is 5.82 Å². The lowest BCUT2D eigenvalue weighted by atomic mass is 10.0. The van der Waals surface area contributed by atoms with Crippen LogP contribution in [0.1, 0.15) is 13.3 Å². The molecule has 2 aromatic carbocycles. The highest BCUT2D eigenvalue weighted by Crippen LogP contribution is 2.21. The van der Waals surface area contributed by atoms with Gasteiger partial charge in [0.05, 0.1) is 17.8 Å². The van der Waals surface area contributed by atoms with Crippen molar-refractivity contribution in [3.05, 3.63) is 88.1 Å². The Bertz CT molecular complexity index is 1180. The molecule has 3 N–H and O–H groups in total. The van der Waals surface area contributed by atoms with Gasteiger partial charge in [-0.1, -0.05) is 17.7 Å². The molecule has 0 radical (unpaired) electrons. The van der Waals surface area contributed by atoms with E-state index in [1.807, 2.05) is 0 Å². The standard InChI is InChI=1S/C22H19ClFN3O4/c1-22(31,13-19(28)25-15-7-5-14(23)6-8-15)21(30)26-18-10-9-16(12-17(18)24)27-11-3-2-4-20(27)29/h2-12,31H,13H2,1H3,(H,25,28)(H,26,30). The summed E-state index contributed by atoms with van der Waals surface area (Å²) >= 11 is 5.79. The number of rotatable bonds is 6. The average molecular weight is 444 g/mol. The second kappa shape index (κ2) is 9.11. The first-order chi connectivity index (χ1) is 14.7. The van der Waals surface area contributed by atoms with Gasteiger partial charge in [-0.3, -0.25) is 19.0 Å². The summed E-state index contributed by atoms with van der Waals surface area (Å²) in [5.74, 6) is -2.37. The van der Waals surface area contributed by atoms with Gasteiger partial charge in [-0.25, -0.2) is 4.39 Å². The van der Waals surface area contributed by atoms with Gasteiger partial charge in [0, 0.05) is 29.0 Å². The van der Waals surface area contributed by atoms with Crippen molar-refractivity contribution in [2.45, 2.75) is 18.9 Å². The van der Waals surface area contributed by atoms with Crippen LogP contribution >= 0.6 is 11.6 Å². The van der Waals surface area contributed by atoms with Crippen LogP contribution in [-0.2, 0) is 9.59 Å². The normalized spacial score (nSPS) is 12.6. The van der Waals surface area contributed by atoms with E-state index in [0.29, 0.717) is 10.7 Å². The van der Waals surface area contributed by atoms with E-state index >= 15 is 0 Å². The predicted octanol–water partition coefficient (Wildman–Crippen LogP) is 3.35. The number of nitrogens with one attached hydrogen (secondary N) is 2. The van der Waals surface area contributed by atoms with Crippen LogP contribution in [0.5, 0.6) is 0 Å². The molecule has 0 spiro atoms. The van der Waals surface area contributed by atoms with Crippen molar-refractivity contribution in [1.82, 2.24) is 4.57 Å². The minimum Gasteiger partial charge on any atom is -0.380 e. The van der Waals surface area contributed by atoms with Crippen LogP contribution in [0.2, 0.25) is 5.02 Å². The Morgan fingerprint density at radius 3 is 2.45 bits per heavy atom. The summed E-state index contributed by atoms with van der Waals surface area (Å²) in [6.45, 7) is 1.15. The highest BCUT2D eigenvalue weighted by atomic mass is 35.5. The fourth-order valence-corrected chi connectivity index (χ4v) is 2.91. The van der Waals surface area contributed by atoms with Gasteiger partial charge in [-0.15, -0.1) is 0 Å². The minimum absolute atomic E-state index is 0.198. The Morgan fingerprint density at radius 1 is 1.10 bits per heavy atom. The fraction of sp³-hybridized carbons (Fsp3) is 0.136. The maximum atomic E-state index is 14.5. The lowest BCUT2D eigenvalue weighted by molar-refractivity contribution is -0.137. The molecule has 0 saturated heterocycles. The van der Waals surface area contributed by atoms with Crippen molar-refractivity contribution in [2.24, 2.45) is 0 Å².